The highest BCUT2D eigenvalue weighted by Gasteiger charge is 2.17. The van der Waals surface area contributed by atoms with Crippen LogP contribution in [0.15, 0.2) is 66.6 Å². The Morgan fingerprint density at radius 2 is 2.23 bits per heavy atom. The number of methoxy groups -OCH3 is 1. The first-order chi connectivity index (χ1) is 12.7. The van der Waals surface area contributed by atoms with Crippen molar-refractivity contribution in [2.45, 2.75) is 19.3 Å². The van der Waals surface area contributed by atoms with Crippen LogP contribution in [-0.4, -0.2) is 22.5 Å². The molecule has 132 valence electrons. The van der Waals surface area contributed by atoms with Crippen LogP contribution in [0.1, 0.15) is 35.3 Å². The minimum absolute atomic E-state index is 0.390. The highest BCUT2D eigenvalue weighted by molar-refractivity contribution is 5.89. The first-order valence-corrected chi connectivity index (χ1v) is 8.37. The van der Waals surface area contributed by atoms with Crippen LogP contribution in [0.5, 0.6) is 0 Å². The molecule has 0 unspecified atom stereocenters. The quantitative estimate of drug-likeness (QED) is 0.781. The molecule has 6 nitrogen and oxygen atoms in total. The van der Waals surface area contributed by atoms with E-state index in [0.717, 1.165) is 18.6 Å². The number of nitrogens with zero attached hydrogens (tertiary/aromatic N) is 2. The SMILES string of the molecule is COC(=O)c1ccc2nc(C3=COC=C(CC4=CC=CCC4)O3)cn2c1. The zero-order valence-electron chi connectivity index (χ0n) is 14.3. The van der Waals surface area contributed by atoms with Crippen molar-refractivity contribution in [1.29, 1.82) is 0 Å². The standard InChI is InChI=1S/C20H18N2O4/c1-24-20(23)15-7-8-19-21-17(11-22(19)10-15)18-13-25-12-16(26-18)9-14-5-3-2-4-6-14/h2-3,5,7-8,10-13H,4,6,9H2,1H3. The molecule has 0 N–H and O–H groups in total. The largest absolute Gasteiger partial charge is 0.465 e. The maximum Gasteiger partial charge on any atom is 0.339 e. The third-order valence-corrected chi connectivity index (χ3v) is 4.24. The van der Waals surface area contributed by atoms with Gasteiger partial charge in [0.2, 0.25) is 0 Å². The Hall–Kier alpha value is -3.28. The van der Waals surface area contributed by atoms with E-state index in [-0.39, 0.29) is 0 Å². The molecule has 2 aliphatic rings. The van der Waals surface area contributed by atoms with E-state index in [1.165, 1.54) is 18.9 Å². The number of hydrogen-bond donors (Lipinski definition) is 0. The van der Waals surface area contributed by atoms with Crippen LogP contribution >= 0.6 is 0 Å². The van der Waals surface area contributed by atoms with Gasteiger partial charge in [-0.1, -0.05) is 23.8 Å². The molecule has 0 atom stereocenters. The van der Waals surface area contributed by atoms with Crippen molar-refractivity contribution < 1.29 is 19.0 Å². The van der Waals surface area contributed by atoms with Gasteiger partial charge in [0, 0.05) is 18.8 Å². The average Bonchev–Trinajstić information content (AvgIpc) is 3.12. The van der Waals surface area contributed by atoms with E-state index in [0.29, 0.717) is 29.1 Å². The summed E-state index contributed by atoms with van der Waals surface area (Å²) in [5.74, 6) is 0.896. The van der Waals surface area contributed by atoms with Crippen LogP contribution in [0.3, 0.4) is 0 Å². The molecule has 2 aromatic rings. The molecule has 0 saturated carbocycles. The number of pyridine rings is 1. The maximum atomic E-state index is 11.7. The third-order valence-electron chi connectivity index (χ3n) is 4.24. The summed E-state index contributed by atoms with van der Waals surface area (Å²) in [7, 11) is 1.36. The minimum Gasteiger partial charge on any atom is -0.465 e. The van der Waals surface area contributed by atoms with Gasteiger partial charge in [-0.2, -0.15) is 0 Å². The topological polar surface area (TPSA) is 62.1 Å². The normalized spacial score (nSPS) is 16.3. The number of fused-ring (bicyclic) bond motifs is 1. The summed E-state index contributed by atoms with van der Waals surface area (Å²) >= 11 is 0. The van der Waals surface area contributed by atoms with E-state index in [2.05, 4.69) is 23.2 Å². The Morgan fingerprint density at radius 3 is 3.04 bits per heavy atom. The Bertz CT molecular complexity index is 979. The Morgan fingerprint density at radius 1 is 1.31 bits per heavy atom. The van der Waals surface area contributed by atoms with Gasteiger partial charge >= 0.3 is 5.97 Å². The Labute approximate surface area is 150 Å². The molecule has 2 aromatic heterocycles. The van der Waals surface area contributed by atoms with Crippen LogP contribution in [0.2, 0.25) is 0 Å². The van der Waals surface area contributed by atoms with Gasteiger partial charge in [-0.05, 0) is 25.0 Å². The van der Waals surface area contributed by atoms with E-state index >= 15 is 0 Å². The van der Waals surface area contributed by atoms with Crippen molar-refractivity contribution in [1.82, 2.24) is 9.38 Å². The van der Waals surface area contributed by atoms with Gasteiger partial charge in [0.05, 0.1) is 12.7 Å². The summed E-state index contributed by atoms with van der Waals surface area (Å²) in [6.07, 6.45) is 15.8. The molecule has 1 aliphatic carbocycles. The number of hydrogen-bond acceptors (Lipinski definition) is 5. The van der Waals surface area contributed by atoms with E-state index in [9.17, 15) is 4.79 Å². The first kappa shape index (κ1) is 16.2. The highest BCUT2D eigenvalue weighted by Crippen LogP contribution is 2.28. The molecule has 3 heterocycles. The summed E-state index contributed by atoms with van der Waals surface area (Å²) in [5.41, 5.74) is 3.10. The van der Waals surface area contributed by atoms with Crippen molar-refractivity contribution in [3.63, 3.8) is 0 Å². The lowest BCUT2D eigenvalue weighted by Gasteiger charge is -2.17. The number of carbonyl (C=O) groups is 1. The van der Waals surface area contributed by atoms with E-state index in [1.807, 2.05) is 0 Å². The monoisotopic (exact) mass is 350 g/mol. The van der Waals surface area contributed by atoms with E-state index < -0.39 is 5.97 Å². The molecule has 0 spiro atoms. The van der Waals surface area contributed by atoms with Crippen LogP contribution in [0, 0.1) is 0 Å². The number of imidazole rings is 1. The predicted octanol–water partition coefficient (Wildman–Crippen LogP) is 3.97. The number of esters is 1. The van der Waals surface area contributed by atoms with Crippen LogP contribution < -0.4 is 0 Å². The van der Waals surface area contributed by atoms with Crippen molar-refractivity contribution in [3.05, 3.63) is 77.9 Å². The van der Waals surface area contributed by atoms with Gasteiger partial charge in [0.15, 0.2) is 5.76 Å². The summed E-state index contributed by atoms with van der Waals surface area (Å²) in [4.78, 5) is 16.2. The molecule has 0 fully saturated rings. The predicted molar refractivity (Wildman–Crippen MR) is 95.8 cm³/mol. The second-order valence-electron chi connectivity index (χ2n) is 6.07. The lowest BCUT2D eigenvalue weighted by molar-refractivity contribution is 0.0600. The maximum absolute atomic E-state index is 11.7. The van der Waals surface area contributed by atoms with Gasteiger partial charge in [0.25, 0.3) is 0 Å². The minimum atomic E-state index is -0.390. The molecule has 0 aromatic carbocycles. The Balaban J connectivity index is 1.53. The highest BCUT2D eigenvalue weighted by atomic mass is 16.5. The summed E-state index contributed by atoms with van der Waals surface area (Å²) in [5, 5.41) is 0. The smallest absolute Gasteiger partial charge is 0.339 e. The fourth-order valence-corrected chi connectivity index (χ4v) is 2.92. The zero-order chi connectivity index (χ0) is 17.9. The van der Waals surface area contributed by atoms with Gasteiger partial charge in [0.1, 0.15) is 29.6 Å². The van der Waals surface area contributed by atoms with Crippen molar-refractivity contribution in [2.75, 3.05) is 7.11 Å². The molecule has 0 amide bonds. The molecular formula is C20H18N2O4. The summed E-state index contributed by atoms with van der Waals surface area (Å²) < 4.78 is 17.9. The zero-order valence-corrected chi connectivity index (χ0v) is 14.3. The molecule has 4 rings (SSSR count). The third kappa shape index (κ3) is 3.26. The van der Waals surface area contributed by atoms with Crippen LogP contribution in [-0.2, 0) is 14.2 Å². The van der Waals surface area contributed by atoms with Crippen LogP contribution in [0.25, 0.3) is 11.4 Å². The lowest BCUT2D eigenvalue weighted by atomic mass is 10.0. The first-order valence-electron chi connectivity index (χ1n) is 8.37. The fraction of sp³-hybridized carbons (Fsp3) is 0.200. The molecule has 1 aliphatic heterocycles. The molecule has 0 saturated heterocycles. The second kappa shape index (κ2) is 6.92. The Kier molecular flexibility index (Phi) is 4.31. The van der Waals surface area contributed by atoms with Gasteiger partial charge in [-0.25, -0.2) is 9.78 Å². The van der Waals surface area contributed by atoms with Gasteiger partial charge in [-0.3, -0.25) is 0 Å². The van der Waals surface area contributed by atoms with Crippen molar-refractivity contribution in [2.24, 2.45) is 0 Å². The van der Waals surface area contributed by atoms with Crippen molar-refractivity contribution in [3.8, 4) is 0 Å². The molecular weight excluding hydrogens is 332 g/mol. The molecule has 6 heteroatoms. The van der Waals surface area contributed by atoms with Crippen LogP contribution in [0.4, 0.5) is 0 Å². The molecule has 0 bridgehead atoms. The van der Waals surface area contributed by atoms with E-state index in [4.69, 9.17) is 14.2 Å². The summed E-state index contributed by atoms with van der Waals surface area (Å²) in [6.45, 7) is 0. The van der Waals surface area contributed by atoms with Crippen molar-refractivity contribution >= 4 is 17.4 Å². The number of allylic oxidation sites excluding steroid dienone is 4. The number of ether oxygens (including phenoxy) is 3. The number of rotatable bonds is 4. The van der Waals surface area contributed by atoms with Gasteiger partial charge < -0.3 is 18.6 Å². The second-order valence-corrected chi connectivity index (χ2v) is 6.07. The van der Waals surface area contributed by atoms with E-state index in [1.54, 1.807) is 35.2 Å². The molecule has 26 heavy (non-hydrogen) atoms. The lowest BCUT2D eigenvalue weighted by Crippen LogP contribution is -2.02. The molecule has 0 radical (unpaired) electrons. The number of aromatic nitrogens is 2. The average molecular weight is 350 g/mol. The fourth-order valence-electron chi connectivity index (χ4n) is 2.92. The summed E-state index contributed by atoms with van der Waals surface area (Å²) in [6, 6.07) is 3.44. The number of carbonyl (C=O) groups excluding carboxylic acids is 1. The van der Waals surface area contributed by atoms with Gasteiger partial charge in [-0.15, -0.1) is 0 Å².